The van der Waals surface area contributed by atoms with Gasteiger partial charge in [-0.3, -0.25) is 0 Å². The number of nitrogens with zero attached hydrogens (tertiary/aromatic N) is 4. The van der Waals surface area contributed by atoms with Gasteiger partial charge >= 0.3 is 0 Å². The summed E-state index contributed by atoms with van der Waals surface area (Å²) in [6.45, 7) is 4.92. The molecule has 1 aliphatic rings. The van der Waals surface area contributed by atoms with E-state index in [0.29, 0.717) is 17.5 Å². The van der Waals surface area contributed by atoms with Crippen molar-refractivity contribution in [2.75, 3.05) is 4.90 Å². The van der Waals surface area contributed by atoms with Crippen molar-refractivity contribution in [2.45, 2.75) is 13.1 Å². The fourth-order valence-corrected chi connectivity index (χ4v) is 11.3. The Kier molecular flexibility index (Phi) is 8.93. The lowest BCUT2D eigenvalue weighted by atomic mass is 9.92. The highest BCUT2D eigenvalue weighted by Crippen LogP contribution is 2.45. The lowest BCUT2D eigenvalue weighted by Crippen LogP contribution is -2.58. The van der Waals surface area contributed by atoms with E-state index < -0.39 is 8.07 Å². The summed E-state index contributed by atoms with van der Waals surface area (Å²) in [4.78, 5) is 18.2. The molecule has 1 aromatic heterocycles. The first kappa shape index (κ1) is 35.2. The van der Waals surface area contributed by atoms with Gasteiger partial charge in [-0.25, -0.2) is 15.0 Å². The topological polar surface area (TPSA) is 41.9 Å². The maximum absolute atomic E-state index is 5.32. The third kappa shape index (κ3) is 6.41. The molecule has 0 saturated heterocycles. The van der Waals surface area contributed by atoms with Gasteiger partial charge < -0.3 is 4.90 Å². The first-order chi connectivity index (χ1) is 28.5. The standard InChI is InChI=1S/C53H40N4Si/c1-58(2)49-29-17-15-27-47(49)57(48-28-16-18-30-50(48)58)46-32-31-41(44-34-42(37-19-7-3-8-20-37)33-43(35-44)38-21-9-4-10-22-38)36-45(46)53-55-51(39-23-11-5-12-24-39)54-52(56-53)40-25-13-6-14-26-40/h3-36H,1-2H3. The number of fused-ring (bicyclic) bond motifs is 2. The molecule has 0 fully saturated rings. The van der Waals surface area contributed by atoms with Crippen LogP contribution in [0.2, 0.25) is 13.1 Å². The van der Waals surface area contributed by atoms with Gasteiger partial charge in [-0.05, 0) is 86.2 Å². The summed E-state index contributed by atoms with van der Waals surface area (Å²) in [6, 6.07) is 73.3. The molecular weight excluding hydrogens is 721 g/mol. The number of anilines is 3. The molecule has 0 radical (unpaired) electrons. The Bertz CT molecular complexity index is 2750. The zero-order chi connectivity index (χ0) is 39.1. The molecule has 0 unspecified atom stereocenters. The molecule has 0 amide bonds. The highest BCUT2D eigenvalue weighted by atomic mass is 28.3. The Labute approximate surface area is 340 Å². The maximum Gasteiger partial charge on any atom is 0.166 e. The zero-order valence-corrected chi connectivity index (χ0v) is 33.4. The van der Waals surface area contributed by atoms with Crippen molar-refractivity contribution in [2.24, 2.45) is 0 Å². The van der Waals surface area contributed by atoms with Crippen molar-refractivity contribution in [3.05, 3.63) is 206 Å². The van der Waals surface area contributed by atoms with Gasteiger partial charge in [-0.15, -0.1) is 0 Å². The SMILES string of the molecule is C[Si]1(C)c2ccccc2N(c2ccc(-c3cc(-c4ccccc4)cc(-c4ccccc4)c3)cc2-c2nc(-c3ccccc3)nc(-c3ccccc3)n2)c2ccccc21. The van der Waals surface area contributed by atoms with E-state index in [2.05, 4.69) is 188 Å². The molecule has 58 heavy (non-hydrogen) atoms. The highest BCUT2D eigenvalue weighted by molar-refractivity contribution is 7.02. The summed E-state index contributed by atoms with van der Waals surface area (Å²) >= 11 is 0. The van der Waals surface area contributed by atoms with Crippen LogP contribution in [0.5, 0.6) is 0 Å². The Morgan fingerprint density at radius 3 is 1.16 bits per heavy atom. The molecule has 0 spiro atoms. The molecule has 0 bridgehead atoms. The summed E-state index contributed by atoms with van der Waals surface area (Å²) in [5.74, 6) is 1.88. The third-order valence-corrected chi connectivity index (χ3v) is 14.8. The van der Waals surface area contributed by atoms with Crippen molar-refractivity contribution in [1.29, 1.82) is 0 Å². The highest BCUT2D eigenvalue weighted by Gasteiger charge is 2.39. The smallest absolute Gasteiger partial charge is 0.166 e. The number of hydrogen-bond donors (Lipinski definition) is 0. The molecule has 9 aromatic rings. The van der Waals surface area contributed by atoms with Crippen LogP contribution in [0.25, 0.3) is 67.5 Å². The summed E-state index contributed by atoms with van der Waals surface area (Å²) in [6.07, 6.45) is 0. The molecule has 0 atom stereocenters. The fourth-order valence-electron chi connectivity index (χ4n) is 8.34. The van der Waals surface area contributed by atoms with Crippen LogP contribution in [0.4, 0.5) is 17.1 Å². The van der Waals surface area contributed by atoms with Crippen molar-refractivity contribution < 1.29 is 0 Å². The van der Waals surface area contributed by atoms with Crippen LogP contribution in [0.3, 0.4) is 0 Å². The molecule has 8 aromatic carbocycles. The van der Waals surface area contributed by atoms with Gasteiger partial charge in [0.25, 0.3) is 0 Å². The predicted octanol–water partition coefficient (Wildman–Crippen LogP) is 12.5. The lowest BCUT2D eigenvalue weighted by Gasteiger charge is -2.41. The summed E-state index contributed by atoms with van der Waals surface area (Å²) < 4.78 is 0. The second-order valence-electron chi connectivity index (χ2n) is 15.3. The molecule has 0 saturated carbocycles. The van der Waals surface area contributed by atoms with E-state index in [0.717, 1.165) is 44.6 Å². The maximum atomic E-state index is 5.32. The largest absolute Gasteiger partial charge is 0.310 e. The monoisotopic (exact) mass is 760 g/mol. The first-order valence-corrected chi connectivity index (χ1v) is 22.8. The molecule has 10 rings (SSSR count). The van der Waals surface area contributed by atoms with E-state index >= 15 is 0 Å². The Balaban J connectivity index is 1.26. The second kappa shape index (κ2) is 14.7. The van der Waals surface area contributed by atoms with Crippen LogP contribution in [0, 0.1) is 0 Å². The van der Waals surface area contributed by atoms with Gasteiger partial charge in [0.1, 0.15) is 8.07 Å². The first-order valence-electron chi connectivity index (χ1n) is 19.8. The van der Waals surface area contributed by atoms with Crippen LogP contribution in [0.1, 0.15) is 0 Å². The fraction of sp³-hybridized carbons (Fsp3) is 0.0377. The van der Waals surface area contributed by atoms with Crippen LogP contribution >= 0.6 is 0 Å². The van der Waals surface area contributed by atoms with Crippen molar-refractivity contribution in [3.63, 3.8) is 0 Å². The van der Waals surface area contributed by atoms with Crippen molar-refractivity contribution >= 4 is 35.5 Å². The quantitative estimate of drug-likeness (QED) is 0.152. The van der Waals surface area contributed by atoms with Gasteiger partial charge in [-0.1, -0.05) is 177 Å². The van der Waals surface area contributed by atoms with Gasteiger partial charge in [0.05, 0.1) is 5.69 Å². The van der Waals surface area contributed by atoms with E-state index in [4.69, 9.17) is 15.0 Å². The average Bonchev–Trinajstić information content (AvgIpc) is 3.30. The molecule has 2 heterocycles. The molecule has 276 valence electrons. The summed E-state index contributed by atoms with van der Waals surface area (Å²) in [7, 11) is -2.03. The number of hydrogen-bond acceptors (Lipinski definition) is 4. The molecule has 0 N–H and O–H groups in total. The Morgan fingerprint density at radius 1 is 0.310 bits per heavy atom. The van der Waals surface area contributed by atoms with E-state index in [1.54, 1.807) is 0 Å². The minimum atomic E-state index is -2.03. The van der Waals surface area contributed by atoms with E-state index in [1.807, 2.05) is 36.4 Å². The van der Waals surface area contributed by atoms with Gasteiger partial charge in [-0.2, -0.15) is 0 Å². The van der Waals surface area contributed by atoms with Crippen LogP contribution < -0.4 is 15.3 Å². The molecule has 4 nitrogen and oxygen atoms in total. The number of rotatable bonds is 7. The van der Waals surface area contributed by atoms with E-state index in [-0.39, 0.29) is 0 Å². The molecule has 0 aliphatic carbocycles. The molecular formula is C53H40N4Si. The second-order valence-corrected chi connectivity index (χ2v) is 19.6. The number of para-hydroxylation sites is 2. The van der Waals surface area contributed by atoms with Crippen LogP contribution in [-0.4, -0.2) is 23.0 Å². The zero-order valence-electron chi connectivity index (χ0n) is 32.4. The van der Waals surface area contributed by atoms with E-state index in [9.17, 15) is 0 Å². The van der Waals surface area contributed by atoms with Crippen LogP contribution in [-0.2, 0) is 0 Å². The lowest BCUT2D eigenvalue weighted by molar-refractivity contribution is 1.07. The summed E-state index contributed by atoms with van der Waals surface area (Å²) in [5, 5.41) is 2.80. The van der Waals surface area contributed by atoms with Crippen molar-refractivity contribution in [1.82, 2.24) is 15.0 Å². The molecule has 1 aliphatic heterocycles. The Hall–Kier alpha value is -7.21. The number of aromatic nitrogens is 3. The minimum Gasteiger partial charge on any atom is -0.310 e. The van der Waals surface area contributed by atoms with Gasteiger partial charge in [0, 0.05) is 28.1 Å². The average molecular weight is 761 g/mol. The number of benzene rings is 8. The van der Waals surface area contributed by atoms with Crippen molar-refractivity contribution in [3.8, 4) is 67.5 Å². The Morgan fingerprint density at radius 2 is 0.690 bits per heavy atom. The normalized spacial score (nSPS) is 12.8. The molecule has 5 heteroatoms. The van der Waals surface area contributed by atoms with E-state index in [1.165, 1.54) is 32.9 Å². The summed E-state index contributed by atoms with van der Waals surface area (Å²) in [5.41, 5.74) is 13.1. The minimum absolute atomic E-state index is 0.615. The van der Waals surface area contributed by atoms with Gasteiger partial charge in [0.15, 0.2) is 17.5 Å². The van der Waals surface area contributed by atoms with Gasteiger partial charge in [0.2, 0.25) is 0 Å². The third-order valence-electron chi connectivity index (χ3n) is 11.3. The van der Waals surface area contributed by atoms with Crippen LogP contribution in [0.15, 0.2) is 206 Å². The predicted molar refractivity (Wildman–Crippen MR) is 244 cm³/mol.